The molecule has 1 unspecified atom stereocenters. The SMILES string of the molecule is CCCNC(c1cc(C)ccc1F)c1cc(Cl)ccc1I. The molecule has 0 heterocycles. The molecule has 0 bridgehead atoms. The maximum Gasteiger partial charge on any atom is 0.128 e. The number of aryl methyl sites for hydroxylation is 1. The van der Waals surface area contributed by atoms with Crippen molar-refractivity contribution in [2.45, 2.75) is 26.3 Å². The van der Waals surface area contributed by atoms with Crippen LogP contribution in [0, 0.1) is 16.3 Å². The van der Waals surface area contributed by atoms with Gasteiger partial charge in [0, 0.05) is 14.2 Å². The van der Waals surface area contributed by atoms with Crippen molar-refractivity contribution in [3.63, 3.8) is 0 Å². The van der Waals surface area contributed by atoms with Crippen LogP contribution in [0.5, 0.6) is 0 Å². The second kappa shape index (κ2) is 7.56. The highest BCUT2D eigenvalue weighted by Crippen LogP contribution is 2.30. The molecule has 4 heteroatoms. The minimum Gasteiger partial charge on any atom is -0.306 e. The zero-order chi connectivity index (χ0) is 15.4. The van der Waals surface area contributed by atoms with Crippen molar-refractivity contribution in [1.82, 2.24) is 5.32 Å². The van der Waals surface area contributed by atoms with E-state index in [0.717, 1.165) is 27.7 Å². The molecule has 112 valence electrons. The van der Waals surface area contributed by atoms with E-state index in [1.54, 1.807) is 6.07 Å². The van der Waals surface area contributed by atoms with Crippen molar-refractivity contribution in [1.29, 1.82) is 0 Å². The lowest BCUT2D eigenvalue weighted by atomic mass is 9.96. The fourth-order valence-corrected chi connectivity index (χ4v) is 3.12. The van der Waals surface area contributed by atoms with Gasteiger partial charge in [-0.2, -0.15) is 0 Å². The molecule has 1 atom stereocenters. The Kier molecular flexibility index (Phi) is 6.02. The summed E-state index contributed by atoms with van der Waals surface area (Å²) in [5.41, 5.74) is 2.73. The van der Waals surface area contributed by atoms with Gasteiger partial charge in [-0.1, -0.05) is 36.2 Å². The summed E-state index contributed by atoms with van der Waals surface area (Å²) in [4.78, 5) is 0. The van der Waals surface area contributed by atoms with E-state index in [1.165, 1.54) is 6.07 Å². The second-order valence-electron chi connectivity index (χ2n) is 5.08. The lowest BCUT2D eigenvalue weighted by Gasteiger charge is -2.22. The highest BCUT2D eigenvalue weighted by molar-refractivity contribution is 14.1. The molecule has 21 heavy (non-hydrogen) atoms. The Morgan fingerprint density at radius 1 is 1.19 bits per heavy atom. The van der Waals surface area contributed by atoms with Crippen molar-refractivity contribution >= 4 is 34.2 Å². The van der Waals surface area contributed by atoms with Crippen LogP contribution in [0.4, 0.5) is 4.39 Å². The van der Waals surface area contributed by atoms with Gasteiger partial charge < -0.3 is 5.32 Å². The normalized spacial score (nSPS) is 12.4. The first-order valence-corrected chi connectivity index (χ1v) is 8.43. The van der Waals surface area contributed by atoms with E-state index in [9.17, 15) is 4.39 Å². The zero-order valence-electron chi connectivity index (χ0n) is 12.1. The van der Waals surface area contributed by atoms with E-state index in [1.807, 2.05) is 31.2 Å². The van der Waals surface area contributed by atoms with E-state index in [0.29, 0.717) is 10.6 Å². The maximum absolute atomic E-state index is 14.3. The number of nitrogens with one attached hydrogen (secondary N) is 1. The molecule has 0 saturated carbocycles. The Balaban J connectivity index is 2.52. The Hall–Kier alpha value is -0.650. The van der Waals surface area contributed by atoms with Crippen LogP contribution in [0.2, 0.25) is 5.02 Å². The molecule has 0 spiro atoms. The number of halogens is 3. The van der Waals surface area contributed by atoms with Gasteiger partial charge in [0.05, 0.1) is 6.04 Å². The summed E-state index contributed by atoms with van der Waals surface area (Å²) in [5.74, 6) is -0.190. The lowest BCUT2D eigenvalue weighted by Crippen LogP contribution is -2.25. The van der Waals surface area contributed by atoms with Crippen LogP contribution >= 0.6 is 34.2 Å². The molecule has 0 radical (unpaired) electrons. The topological polar surface area (TPSA) is 12.0 Å². The molecule has 0 fully saturated rings. The molecule has 0 saturated heterocycles. The summed E-state index contributed by atoms with van der Waals surface area (Å²) in [6.07, 6.45) is 0.987. The van der Waals surface area contributed by atoms with Crippen LogP contribution in [0.3, 0.4) is 0 Å². The predicted octanol–water partition coefficient (Wildman–Crippen LogP) is 5.48. The number of hydrogen-bond donors (Lipinski definition) is 1. The largest absolute Gasteiger partial charge is 0.306 e. The average molecular weight is 418 g/mol. The molecule has 2 aromatic carbocycles. The summed E-state index contributed by atoms with van der Waals surface area (Å²) in [6, 6.07) is 10.8. The number of benzene rings is 2. The number of rotatable bonds is 5. The van der Waals surface area contributed by atoms with Crippen LogP contribution in [-0.4, -0.2) is 6.54 Å². The van der Waals surface area contributed by atoms with Crippen LogP contribution in [0.15, 0.2) is 36.4 Å². The Bertz CT molecular complexity index is 579. The molecule has 0 amide bonds. The van der Waals surface area contributed by atoms with Crippen molar-refractivity contribution in [2.75, 3.05) is 6.54 Å². The Morgan fingerprint density at radius 3 is 2.67 bits per heavy atom. The van der Waals surface area contributed by atoms with Crippen LogP contribution in [-0.2, 0) is 0 Å². The van der Waals surface area contributed by atoms with Crippen LogP contribution in [0.1, 0.15) is 36.1 Å². The van der Waals surface area contributed by atoms with E-state index in [-0.39, 0.29) is 11.9 Å². The Morgan fingerprint density at radius 2 is 1.95 bits per heavy atom. The zero-order valence-corrected chi connectivity index (χ0v) is 15.0. The lowest BCUT2D eigenvalue weighted by molar-refractivity contribution is 0.545. The van der Waals surface area contributed by atoms with Gasteiger partial charge in [0.2, 0.25) is 0 Å². The molecule has 0 aromatic heterocycles. The second-order valence-corrected chi connectivity index (χ2v) is 6.68. The molecule has 0 aliphatic heterocycles. The quantitative estimate of drug-likeness (QED) is 0.635. The van der Waals surface area contributed by atoms with E-state index < -0.39 is 0 Å². The van der Waals surface area contributed by atoms with Crippen molar-refractivity contribution < 1.29 is 4.39 Å². The van der Waals surface area contributed by atoms with Gasteiger partial charge in [-0.15, -0.1) is 0 Å². The smallest absolute Gasteiger partial charge is 0.128 e. The van der Waals surface area contributed by atoms with Crippen LogP contribution in [0.25, 0.3) is 0 Å². The summed E-state index contributed by atoms with van der Waals surface area (Å²) in [6.45, 7) is 4.89. The minimum atomic E-state index is -0.190. The van der Waals surface area contributed by atoms with Gasteiger partial charge in [-0.3, -0.25) is 0 Å². The van der Waals surface area contributed by atoms with Gasteiger partial charge in [0.25, 0.3) is 0 Å². The molecular weight excluding hydrogens is 400 g/mol. The molecule has 0 aliphatic carbocycles. The monoisotopic (exact) mass is 417 g/mol. The standard InChI is InChI=1S/C17H18ClFIN/c1-3-8-21-17(13-9-11(2)4-6-15(13)19)14-10-12(18)5-7-16(14)20/h4-7,9-10,17,21H,3,8H2,1-2H3. The van der Waals surface area contributed by atoms with Gasteiger partial charge in [0.15, 0.2) is 0 Å². The average Bonchev–Trinajstić information content (AvgIpc) is 2.46. The summed E-state index contributed by atoms with van der Waals surface area (Å²) >= 11 is 8.40. The highest BCUT2D eigenvalue weighted by Gasteiger charge is 2.20. The van der Waals surface area contributed by atoms with E-state index in [2.05, 4.69) is 34.8 Å². The van der Waals surface area contributed by atoms with Crippen molar-refractivity contribution in [3.05, 3.63) is 67.5 Å². The fraction of sp³-hybridized carbons (Fsp3) is 0.294. The highest BCUT2D eigenvalue weighted by atomic mass is 127. The third-order valence-electron chi connectivity index (χ3n) is 3.33. The van der Waals surface area contributed by atoms with Crippen molar-refractivity contribution in [3.8, 4) is 0 Å². The van der Waals surface area contributed by atoms with Gasteiger partial charge in [-0.25, -0.2) is 4.39 Å². The molecule has 1 N–H and O–H groups in total. The third-order valence-corrected chi connectivity index (χ3v) is 4.55. The van der Waals surface area contributed by atoms with Gasteiger partial charge in [-0.05, 0) is 72.3 Å². The molecular formula is C17H18ClFIN. The molecule has 1 nitrogen and oxygen atoms in total. The van der Waals surface area contributed by atoms with Gasteiger partial charge in [0.1, 0.15) is 5.82 Å². The first kappa shape index (κ1) is 16.7. The maximum atomic E-state index is 14.3. The van der Waals surface area contributed by atoms with Crippen LogP contribution < -0.4 is 5.32 Å². The predicted molar refractivity (Wildman–Crippen MR) is 95.4 cm³/mol. The summed E-state index contributed by atoms with van der Waals surface area (Å²) in [5, 5.41) is 4.10. The Labute approximate surface area is 144 Å². The minimum absolute atomic E-state index is 0.185. The first-order chi connectivity index (χ1) is 10.0. The number of hydrogen-bond acceptors (Lipinski definition) is 1. The fourth-order valence-electron chi connectivity index (χ4n) is 2.30. The van der Waals surface area contributed by atoms with Crippen molar-refractivity contribution in [2.24, 2.45) is 0 Å². The summed E-state index contributed by atoms with van der Waals surface area (Å²) < 4.78 is 15.4. The van der Waals surface area contributed by atoms with Gasteiger partial charge >= 0.3 is 0 Å². The molecule has 2 rings (SSSR count). The van der Waals surface area contributed by atoms with E-state index >= 15 is 0 Å². The first-order valence-electron chi connectivity index (χ1n) is 6.97. The summed E-state index contributed by atoms with van der Waals surface area (Å²) in [7, 11) is 0. The molecule has 0 aliphatic rings. The molecule has 2 aromatic rings. The third kappa shape index (κ3) is 4.18. The van der Waals surface area contributed by atoms with E-state index in [4.69, 9.17) is 11.6 Å².